The Hall–Kier alpha value is -0.820. The second kappa shape index (κ2) is 4.63. The van der Waals surface area contributed by atoms with Crippen molar-refractivity contribution in [3.8, 4) is 0 Å². The van der Waals surface area contributed by atoms with Crippen LogP contribution in [0.3, 0.4) is 0 Å². The predicted octanol–water partition coefficient (Wildman–Crippen LogP) is 3.79. The maximum Gasteiger partial charge on any atom is 0.00684 e. The molecular formula is C18H25N. The van der Waals surface area contributed by atoms with E-state index in [1.54, 1.807) is 5.56 Å². The summed E-state index contributed by atoms with van der Waals surface area (Å²) in [6.45, 7) is 1.27. The van der Waals surface area contributed by atoms with E-state index in [0.29, 0.717) is 5.41 Å². The van der Waals surface area contributed by atoms with Crippen LogP contribution in [0.1, 0.15) is 44.1 Å². The molecule has 1 aromatic carbocycles. The van der Waals surface area contributed by atoms with E-state index in [2.05, 4.69) is 35.6 Å². The van der Waals surface area contributed by atoms with Crippen molar-refractivity contribution in [3.63, 3.8) is 0 Å². The van der Waals surface area contributed by atoms with Crippen LogP contribution in [0.25, 0.3) is 0 Å². The average Bonchev–Trinajstić information content (AvgIpc) is 3.07. The van der Waals surface area contributed by atoms with Crippen LogP contribution in [0.4, 0.5) is 0 Å². The molecule has 3 atom stereocenters. The number of fused-ring (bicyclic) bond motifs is 2. The van der Waals surface area contributed by atoms with Crippen LogP contribution in [0.2, 0.25) is 0 Å². The quantitative estimate of drug-likeness (QED) is 0.844. The molecule has 0 spiro atoms. The van der Waals surface area contributed by atoms with Crippen molar-refractivity contribution in [1.82, 2.24) is 5.32 Å². The first kappa shape index (κ1) is 12.0. The first-order chi connectivity index (χ1) is 9.34. The van der Waals surface area contributed by atoms with E-state index in [0.717, 1.165) is 17.9 Å². The van der Waals surface area contributed by atoms with E-state index in [4.69, 9.17) is 0 Å². The zero-order valence-electron chi connectivity index (χ0n) is 11.8. The Labute approximate surface area is 116 Å². The fourth-order valence-electron chi connectivity index (χ4n) is 4.69. The molecular weight excluding hydrogens is 230 g/mol. The highest BCUT2D eigenvalue weighted by molar-refractivity contribution is 5.19. The highest BCUT2D eigenvalue weighted by Gasteiger charge is 2.50. The molecule has 2 bridgehead atoms. The molecule has 102 valence electrons. The minimum atomic E-state index is 0.576. The van der Waals surface area contributed by atoms with Gasteiger partial charge in [0.25, 0.3) is 0 Å². The monoisotopic (exact) mass is 255 g/mol. The van der Waals surface area contributed by atoms with Gasteiger partial charge in [-0.2, -0.15) is 0 Å². The summed E-state index contributed by atoms with van der Waals surface area (Å²) in [5, 5.41) is 3.84. The zero-order valence-corrected chi connectivity index (χ0v) is 11.8. The lowest BCUT2D eigenvalue weighted by Crippen LogP contribution is -2.41. The van der Waals surface area contributed by atoms with Gasteiger partial charge in [0.05, 0.1) is 0 Å². The fraction of sp³-hybridized carbons (Fsp3) is 0.667. The number of rotatable bonds is 5. The Bertz CT molecular complexity index is 436. The van der Waals surface area contributed by atoms with Crippen LogP contribution in [0.5, 0.6) is 0 Å². The van der Waals surface area contributed by atoms with Gasteiger partial charge < -0.3 is 5.32 Å². The first-order valence-electron chi connectivity index (χ1n) is 8.11. The van der Waals surface area contributed by atoms with E-state index in [9.17, 15) is 0 Å². The van der Waals surface area contributed by atoms with Crippen LogP contribution < -0.4 is 5.32 Å². The topological polar surface area (TPSA) is 12.0 Å². The van der Waals surface area contributed by atoms with Crippen molar-refractivity contribution in [3.05, 3.63) is 35.9 Å². The number of nitrogens with one attached hydrogen (secondary N) is 1. The van der Waals surface area contributed by atoms with Crippen molar-refractivity contribution in [2.45, 2.75) is 51.0 Å². The predicted molar refractivity (Wildman–Crippen MR) is 79.1 cm³/mol. The fourth-order valence-corrected chi connectivity index (χ4v) is 4.69. The smallest absolute Gasteiger partial charge is 0.00684 e. The molecule has 0 aromatic heterocycles. The molecule has 3 aliphatic carbocycles. The summed E-state index contributed by atoms with van der Waals surface area (Å²) in [7, 11) is 0. The van der Waals surface area contributed by atoms with Crippen molar-refractivity contribution >= 4 is 0 Å². The molecule has 3 unspecified atom stereocenters. The molecule has 3 aliphatic rings. The SMILES string of the molecule is c1ccc(CC2(CNC3CC3)CC3CCC2C3)cc1. The third kappa shape index (κ3) is 2.33. The minimum Gasteiger partial charge on any atom is -0.313 e. The van der Waals surface area contributed by atoms with E-state index in [-0.39, 0.29) is 0 Å². The summed E-state index contributed by atoms with van der Waals surface area (Å²) in [6.07, 6.45) is 10.1. The minimum absolute atomic E-state index is 0.576. The van der Waals surface area contributed by atoms with E-state index in [1.165, 1.54) is 51.5 Å². The molecule has 1 nitrogen and oxygen atoms in total. The second-order valence-electron chi connectivity index (χ2n) is 7.26. The van der Waals surface area contributed by atoms with Gasteiger partial charge in [0.15, 0.2) is 0 Å². The first-order valence-corrected chi connectivity index (χ1v) is 8.11. The Kier molecular flexibility index (Phi) is 2.91. The van der Waals surface area contributed by atoms with Crippen molar-refractivity contribution in [2.24, 2.45) is 17.3 Å². The number of hydrogen-bond acceptors (Lipinski definition) is 1. The van der Waals surface area contributed by atoms with E-state index < -0.39 is 0 Å². The van der Waals surface area contributed by atoms with Crippen molar-refractivity contribution in [1.29, 1.82) is 0 Å². The third-order valence-electron chi connectivity index (χ3n) is 5.82. The Morgan fingerprint density at radius 1 is 1.05 bits per heavy atom. The Morgan fingerprint density at radius 3 is 2.53 bits per heavy atom. The van der Waals surface area contributed by atoms with E-state index in [1.807, 2.05) is 0 Å². The molecule has 1 aromatic rings. The summed E-state index contributed by atoms with van der Waals surface area (Å²) in [6, 6.07) is 12.0. The normalized spacial score (nSPS) is 36.8. The van der Waals surface area contributed by atoms with Crippen LogP contribution in [-0.4, -0.2) is 12.6 Å². The van der Waals surface area contributed by atoms with Gasteiger partial charge in [-0.1, -0.05) is 36.8 Å². The molecule has 3 fully saturated rings. The van der Waals surface area contributed by atoms with Crippen molar-refractivity contribution in [2.75, 3.05) is 6.54 Å². The standard InChI is InChI=1S/C18H25N/c1-2-4-14(5-3-1)11-18(13-19-17-8-9-17)12-15-6-7-16(18)10-15/h1-5,15-17,19H,6-13H2. The summed E-state index contributed by atoms with van der Waals surface area (Å²) >= 11 is 0. The second-order valence-corrected chi connectivity index (χ2v) is 7.26. The molecule has 0 amide bonds. The summed E-state index contributed by atoms with van der Waals surface area (Å²) < 4.78 is 0. The van der Waals surface area contributed by atoms with Gasteiger partial charge in [-0.3, -0.25) is 0 Å². The third-order valence-corrected chi connectivity index (χ3v) is 5.82. The van der Waals surface area contributed by atoms with Gasteiger partial charge in [0.2, 0.25) is 0 Å². The average molecular weight is 255 g/mol. The Balaban J connectivity index is 1.53. The van der Waals surface area contributed by atoms with Gasteiger partial charge in [-0.25, -0.2) is 0 Å². The summed E-state index contributed by atoms with van der Waals surface area (Å²) in [5.41, 5.74) is 2.12. The molecule has 3 saturated carbocycles. The Morgan fingerprint density at radius 2 is 1.89 bits per heavy atom. The van der Waals surface area contributed by atoms with Gasteiger partial charge in [-0.05, 0) is 61.3 Å². The maximum absolute atomic E-state index is 3.84. The largest absolute Gasteiger partial charge is 0.313 e. The molecule has 1 N–H and O–H groups in total. The maximum atomic E-state index is 3.84. The lowest BCUT2D eigenvalue weighted by molar-refractivity contribution is 0.155. The van der Waals surface area contributed by atoms with Gasteiger partial charge in [0, 0.05) is 12.6 Å². The summed E-state index contributed by atoms with van der Waals surface area (Å²) in [5.74, 6) is 2.03. The molecule has 19 heavy (non-hydrogen) atoms. The van der Waals surface area contributed by atoms with Gasteiger partial charge in [0.1, 0.15) is 0 Å². The highest BCUT2D eigenvalue weighted by Crippen LogP contribution is 2.57. The zero-order chi connectivity index (χ0) is 12.7. The van der Waals surface area contributed by atoms with E-state index >= 15 is 0 Å². The highest BCUT2D eigenvalue weighted by atomic mass is 15.0. The molecule has 4 rings (SSSR count). The number of benzene rings is 1. The lowest BCUT2D eigenvalue weighted by atomic mass is 9.69. The van der Waals surface area contributed by atoms with Crippen LogP contribution in [0, 0.1) is 17.3 Å². The molecule has 1 heteroatoms. The summed E-state index contributed by atoms with van der Waals surface area (Å²) in [4.78, 5) is 0. The molecule has 0 radical (unpaired) electrons. The van der Waals surface area contributed by atoms with Gasteiger partial charge >= 0.3 is 0 Å². The van der Waals surface area contributed by atoms with Crippen LogP contribution in [0.15, 0.2) is 30.3 Å². The van der Waals surface area contributed by atoms with Crippen molar-refractivity contribution < 1.29 is 0 Å². The van der Waals surface area contributed by atoms with Crippen LogP contribution >= 0.6 is 0 Å². The molecule has 0 saturated heterocycles. The van der Waals surface area contributed by atoms with Gasteiger partial charge in [-0.15, -0.1) is 0 Å². The molecule has 0 heterocycles. The molecule has 0 aliphatic heterocycles. The van der Waals surface area contributed by atoms with Crippen LogP contribution in [-0.2, 0) is 6.42 Å². The number of hydrogen-bond donors (Lipinski definition) is 1. The lowest BCUT2D eigenvalue weighted by Gasteiger charge is -2.38.